The van der Waals surface area contributed by atoms with Crippen LogP contribution in [0.2, 0.25) is 0 Å². The van der Waals surface area contributed by atoms with E-state index in [0.717, 1.165) is 30.8 Å². The van der Waals surface area contributed by atoms with Crippen LogP contribution in [-0.4, -0.2) is 37.0 Å². The number of rotatable bonds is 6. The quantitative estimate of drug-likeness (QED) is 0.788. The first-order valence-electron chi connectivity index (χ1n) is 8.57. The van der Waals surface area contributed by atoms with E-state index in [1.54, 1.807) is 0 Å². The SMILES string of the molecule is O=C(NCCN1CCCC1)c1cccc(-c2cccc(CS)c2)c1. The van der Waals surface area contributed by atoms with Crippen molar-refractivity contribution in [2.45, 2.75) is 18.6 Å². The molecule has 1 fully saturated rings. The molecule has 1 aliphatic heterocycles. The number of carbonyl (C=O) groups is 1. The van der Waals surface area contributed by atoms with E-state index < -0.39 is 0 Å². The Hall–Kier alpha value is -1.78. The number of hydrogen-bond acceptors (Lipinski definition) is 3. The molecule has 0 unspecified atom stereocenters. The van der Waals surface area contributed by atoms with Crippen LogP contribution in [0, 0.1) is 0 Å². The summed E-state index contributed by atoms with van der Waals surface area (Å²) >= 11 is 4.33. The van der Waals surface area contributed by atoms with E-state index >= 15 is 0 Å². The minimum atomic E-state index is 0.00129. The van der Waals surface area contributed by atoms with Crippen molar-refractivity contribution in [2.75, 3.05) is 26.2 Å². The maximum atomic E-state index is 12.4. The summed E-state index contributed by atoms with van der Waals surface area (Å²) in [7, 11) is 0. The maximum Gasteiger partial charge on any atom is 0.251 e. The molecule has 2 aromatic carbocycles. The third kappa shape index (κ3) is 4.40. The van der Waals surface area contributed by atoms with Crippen molar-refractivity contribution in [2.24, 2.45) is 0 Å². The molecule has 0 bridgehead atoms. The van der Waals surface area contributed by atoms with Gasteiger partial charge in [0.05, 0.1) is 0 Å². The Balaban J connectivity index is 1.64. The van der Waals surface area contributed by atoms with Gasteiger partial charge >= 0.3 is 0 Å². The van der Waals surface area contributed by atoms with Crippen molar-refractivity contribution in [1.82, 2.24) is 10.2 Å². The zero-order valence-electron chi connectivity index (χ0n) is 13.9. The average Bonchev–Trinajstić information content (AvgIpc) is 3.15. The number of benzene rings is 2. The Morgan fingerprint density at radius 3 is 2.50 bits per heavy atom. The van der Waals surface area contributed by atoms with Crippen LogP contribution in [0.25, 0.3) is 11.1 Å². The van der Waals surface area contributed by atoms with Crippen molar-refractivity contribution in [3.05, 3.63) is 59.7 Å². The fraction of sp³-hybridized carbons (Fsp3) is 0.350. The van der Waals surface area contributed by atoms with Crippen LogP contribution in [0.3, 0.4) is 0 Å². The van der Waals surface area contributed by atoms with Crippen molar-refractivity contribution in [3.63, 3.8) is 0 Å². The monoisotopic (exact) mass is 340 g/mol. The normalized spacial score (nSPS) is 14.7. The molecule has 0 radical (unpaired) electrons. The first-order chi connectivity index (χ1) is 11.8. The minimum Gasteiger partial charge on any atom is -0.351 e. The third-order valence-electron chi connectivity index (χ3n) is 4.48. The van der Waals surface area contributed by atoms with E-state index in [-0.39, 0.29) is 5.91 Å². The lowest BCUT2D eigenvalue weighted by molar-refractivity contribution is 0.0950. The largest absolute Gasteiger partial charge is 0.351 e. The fourth-order valence-electron chi connectivity index (χ4n) is 3.13. The number of nitrogens with zero attached hydrogens (tertiary/aromatic N) is 1. The summed E-state index contributed by atoms with van der Waals surface area (Å²) in [5.74, 6) is 0.714. The zero-order valence-corrected chi connectivity index (χ0v) is 14.8. The average molecular weight is 340 g/mol. The van der Waals surface area contributed by atoms with Crippen LogP contribution >= 0.6 is 12.6 Å². The molecule has 3 rings (SSSR count). The van der Waals surface area contributed by atoms with Crippen molar-refractivity contribution < 1.29 is 4.79 Å². The lowest BCUT2D eigenvalue weighted by Crippen LogP contribution is -2.33. The van der Waals surface area contributed by atoms with Gasteiger partial charge in [0.1, 0.15) is 0 Å². The summed E-state index contributed by atoms with van der Waals surface area (Å²) in [4.78, 5) is 14.8. The van der Waals surface area contributed by atoms with Gasteiger partial charge in [0.25, 0.3) is 5.91 Å². The summed E-state index contributed by atoms with van der Waals surface area (Å²) in [6.07, 6.45) is 2.56. The minimum absolute atomic E-state index is 0.00129. The van der Waals surface area contributed by atoms with Crippen LogP contribution in [0.5, 0.6) is 0 Å². The lowest BCUT2D eigenvalue weighted by Gasteiger charge is -2.15. The third-order valence-corrected chi connectivity index (χ3v) is 4.85. The van der Waals surface area contributed by atoms with Crippen LogP contribution in [-0.2, 0) is 5.75 Å². The van der Waals surface area contributed by atoms with E-state index in [1.807, 2.05) is 30.3 Å². The number of likely N-dealkylation sites (tertiary alicyclic amines) is 1. The Morgan fingerprint density at radius 1 is 1.04 bits per heavy atom. The van der Waals surface area contributed by atoms with Gasteiger partial charge in [0.15, 0.2) is 0 Å². The number of hydrogen-bond donors (Lipinski definition) is 2. The van der Waals surface area contributed by atoms with Crippen molar-refractivity contribution in [3.8, 4) is 11.1 Å². The molecule has 1 aliphatic rings. The number of carbonyl (C=O) groups excluding carboxylic acids is 1. The fourth-order valence-corrected chi connectivity index (χ4v) is 3.32. The highest BCUT2D eigenvalue weighted by Crippen LogP contribution is 2.22. The van der Waals surface area contributed by atoms with Crippen LogP contribution < -0.4 is 5.32 Å². The lowest BCUT2D eigenvalue weighted by atomic mass is 10.0. The van der Waals surface area contributed by atoms with E-state index in [0.29, 0.717) is 17.9 Å². The van der Waals surface area contributed by atoms with E-state index in [2.05, 4.69) is 41.0 Å². The molecule has 3 nitrogen and oxygen atoms in total. The first kappa shape index (κ1) is 17.1. The maximum absolute atomic E-state index is 12.4. The highest BCUT2D eigenvalue weighted by molar-refractivity contribution is 7.79. The molecular weight excluding hydrogens is 316 g/mol. The Labute approximate surface area is 149 Å². The first-order valence-corrected chi connectivity index (χ1v) is 9.20. The number of amides is 1. The van der Waals surface area contributed by atoms with Gasteiger partial charge in [-0.1, -0.05) is 36.4 Å². The molecule has 1 saturated heterocycles. The summed E-state index contributed by atoms with van der Waals surface area (Å²) in [6.45, 7) is 3.97. The topological polar surface area (TPSA) is 32.3 Å². The van der Waals surface area contributed by atoms with E-state index in [4.69, 9.17) is 0 Å². The molecule has 0 aliphatic carbocycles. The molecular formula is C20H24N2OS. The second kappa shape index (κ2) is 8.36. The van der Waals surface area contributed by atoms with Gasteiger partial charge in [-0.15, -0.1) is 0 Å². The van der Waals surface area contributed by atoms with Gasteiger partial charge in [-0.3, -0.25) is 4.79 Å². The molecule has 0 spiro atoms. The Morgan fingerprint density at radius 2 is 1.75 bits per heavy atom. The molecule has 126 valence electrons. The summed E-state index contributed by atoms with van der Waals surface area (Å²) in [6, 6.07) is 16.1. The molecule has 1 amide bonds. The summed E-state index contributed by atoms with van der Waals surface area (Å²) < 4.78 is 0. The van der Waals surface area contributed by atoms with Crippen LogP contribution in [0.15, 0.2) is 48.5 Å². The standard InChI is InChI=1S/C20H24N2OS/c23-20(21-9-12-22-10-1-2-11-22)19-8-4-7-18(14-19)17-6-3-5-16(13-17)15-24/h3-8,13-14,24H,1-2,9-12,15H2,(H,21,23). The highest BCUT2D eigenvalue weighted by Gasteiger charge is 2.12. The zero-order chi connectivity index (χ0) is 16.8. The van der Waals surface area contributed by atoms with Crippen LogP contribution in [0.1, 0.15) is 28.8 Å². The second-order valence-corrected chi connectivity index (χ2v) is 6.56. The Kier molecular flexibility index (Phi) is 5.94. The van der Waals surface area contributed by atoms with Gasteiger partial charge in [-0.2, -0.15) is 12.6 Å². The molecule has 4 heteroatoms. The molecule has 0 atom stereocenters. The predicted molar refractivity (Wildman–Crippen MR) is 103 cm³/mol. The summed E-state index contributed by atoms with van der Waals surface area (Å²) in [5, 5.41) is 3.03. The highest BCUT2D eigenvalue weighted by atomic mass is 32.1. The van der Waals surface area contributed by atoms with Crippen molar-refractivity contribution >= 4 is 18.5 Å². The van der Waals surface area contributed by atoms with E-state index in [1.165, 1.54) is 18.4 Å². The van der Waals surface area contributed by atoms with Gasteiger partial charge < -0.3 is 10.2 Å². The number of nitrogens with one attached hydrogen (secondary N) is 1. The number of thiol groups is 1. The van der Waals surface area contributed by atoms with Gasteiger partial charge in [0.2, 0.25) is 0 Å². The predicted octanol–water partition coefficient (Wildman–Crippen LogP) is 3.61. The molecule has 1 heterocycles. The second-order valence-electron chi connectivity index (χ2n) is 6.24. The van der Waals surface area contributed by atoms with Gasteiger partial charge in [0, 0.05) is 24.4 Å². The summed E-state index contributed by atoms with van der Waals surface area (Å²) in [5.41, 5.74) is 4.07. The van der Waals surface area contributed by atoms with Crippen molar-refractivity contribution in [1.29, 1.82) is 0 Å². The molecule has 2 aromatic rings. The Bertz CT molecular complexity index is 696. The van der Waals surface area contributed by atoms with Crippen LogP contribution in [0.4, 0.5) is 0 Å². The molecule has 24 heavy (non-hydrogen) atoms. The van der Waals surface area contributed by atoms with Gasteiger partial charge in [-0.25, -0.2) is 0 Å². The molecule has 1 N–H and O–H groups in total. The van der Waals surface area contributed by atoms with Gasteiger partial charge in [-0.05, 0) is 54.8 Å². The molecule has 0 saturated carbocycles. The smallest absolute Gasteiger partial charge is 0.251 e. The van der Waals surface area contributed by atoms with E-state index in [9.17, 15) is 4.79 Å². The molecule has 0 aromatic heterocycles.